The monoisotopic (exact) mass is 332 g/mol. The molecule has 4 nitrogen and oxygen atoms in total. The van der Waals surface area contributed by atoms with Crippen LogP contribution in [0.5, 0.6) is 0 Å². The highest BCUT2D eigenvalue weighted by molar-refractivity contribution is 6.73. The van der Waals surface area contributed by atoms with Crippen LogP contribution in [-0.2, 0) is 17.7 Å². The van der Waals surface area contributed by atoms with Crippen molar-refractivity contribution in [3.05, 3.63) is 0 Å². The van der Waals surface area contributed by atoms with Gasteiger partial charge in [-0.2, -0.15) is 0 Å². The molecule has 0 bridgehead atoms. The molecule has 7 heteroatoms. The van der Waals surface area contributed by atoms with Crippen LogP contribution in [0, 0.1) is 5.41 Å². The minimum absolute atomic E-state index is 0.152. The summed E-state index contributed by atoms with van der Waals surface area (Å²) in [6, 6.07) is 0. The average Bonchev–Trinajstić information content (AvgIpc) is 3.06. The lowest BCUT2D eigenvalue weighted by atomic mass is 9.88. The third-order valence-electron chi connectivity index (χ3n) is 2.93. The van der Waals surface area contributed by atoms with E-state index in [2.05, 4.69) is 47.3 Å². The van der Waals surface area contributed by atoms with Gasteiger partial charge in [-0.05, 0) is 32.0 Å². The first-order valence-corrected chi connectivity index (χ1v) is 12.4. The summed E-state index contributed by atoms with van der Waals surface area (Å²) < 4.78 is 22.7. The fourth-order valence-electron chi connectivity index (χ4n) is 1.73. The molecule has 0 aromatic rings. The third kappa shape index (κ3) is 8.06. The molecule has 20 heavy (non-hydrogen) atoms. The molecule has 0 amide bonds. The number of hydrogen-bond acceptors (Lipinski definition) is 4. The Morgan fingerprint density at radius 2 is 1.90 bits per heavy atom. The van der Waals surface area contributed by atoms with Crippen LogP contribution < -0.4 is 0 Å². The van der Waals surface area contributed by atoms with Gasteiger partial charge in [0.1, 0.15) is 6.10 Å². The molecule has 0 saturated carbocycles. The van der Waals surface area contributed by atoms with Gasteiger partial charge in [-0.1, -0.05) is 20.8 Å². The van der Waals surface area contributed by atoms with Crippen molar-refractivity contribution in [2.24, 2.45) is 5.41 Å². The van der Waals surface area contributed by atoms with E-state index in [9.17, 15) is 0 Å². The molecular formula is C13H28O4Si3. The van der Waals surface area contributed by atoms with E-state index >= 15 is 0 Å². The van der Waals surface area contributed by atoms with Crippen LogP contribution in [0.4, 0.5) is 0 Å². The molecule has 0 aliphatic carbocycles. The van der Waals surface area contributed by atoms with Crippen molar-refractivity contribution in [1.82, 2.24) is 0 Å². The Kier molecular flexibility index (Phi) is 7.10. The minimum atomic E-state index is -1.48. The lowest BCUT2D eigenvalue weighted by Crippen LogP contribution is -2.35. The normalized spacial score (nSPS) is 22.6. The molecule has 1 aliphatic heterocycles. The largest absolute Gasteiger partial charge is 0.435 e. The maximum absolute atomic E-state index is 5.93. The van der Waals surface area contributed by atoms with Crippen LogP contribution in [0.2, 0.25) is 25.2 Å². The molecule has 0 aromatic heterocycles. The number of ether oxygens (including phenoxy) is 2. The fourth-order valence-corrected chi connectivity index (χ4v) is 4.61. The van der Waals surface area contributed by atoms with Crippen LogP contribution in [0.1, 0.15) is 27.7 Å². The summed E-state index contributed by atoms with van der Waals surface area (Å²) in [7, 11) is -0.920. The second-order valence-electron chi connectivity index (χ2n) is 7.36. The predicted octanol–water partition coefficient (Wildman–Crippen LogP) is 2.65. The highest BCUT2D eigenvalue weighted by Crippen LogP contribution is 2.35. The zero-order valence-electron chi connectivity index (χ0n) is 13.8. The van der Waals surface area contributed by atoms with E-state index in [4.69, 9.17) is 17.7 Å². The Bertz CT molecular complexity index is 284. The highest BCUT2D eigenvalue weighted by Gasteiger charge is 2.34. The first kappa shape index (κ1) is 18.5. The molecule has 0 N–H and O–H groups in total. The first-order valence-electron chi connectivity index (χ1n) is 7.17. The quantitative estimate of drug-likeness (QED) is 0.370. The van der Waals surface area contributed by atoms with Gasteiger partial charge < -0.3 is 17.7 Å². The molecular weight excluding hydrogens is 304 g/mol. The second-order valence-corrected chi connectivity index (χ2v) is 14.2. The van der Waals surface area contributed by atoms with E-state index in [-0.39, 0.29) is 21.5 Å². The van der Waals surface area contributed by atoms with Crippen molar-refractivity contribution in [2.45, 2.75) is 65.1 Å². The SMILES string of the molecule is CC(OCC1CO1)C([Si]O[Si]O[Si](C)(C)C)C(C)(C)C. The molecule has 116 valence electrons. The van der Waals surface area contributed by atoms with Gasteiger partial charge in [0, 0.05) is 5.54 Å². The van der Waals surface area contributed by atoms with Crippen LogP contribution in [0.3, 0.4) is 0 Å². The minimum Gasteiger partial charge on any atom is -0.435 e. The Hall–Kier alpha value is 0.491. The molecule has 1 fully saturated rings. The van der Waals surface area contributed by atoms with E-state index in [1.807, 2.05) is 0 Å². The summed E-state index contributed by atoms with van der Waals surface area (Å²) in [5.74, 6) is 0. The van der Waals surface area contributed by atoms with Crippen molar-refractivity contribution in [2.75, 3.05) is 13.2 Å². The Balaban J connectivity index is 2.34. The van der Waals surface area contributed by atoms with Crippen molar-refractivity contribution in [3.8, 4) is 0 Å². The van der Waals surface area contributed by atoms with Crippen LogP contribution >= 0.6 is 0 Å². The summed E-state index contributed by atoms with van der Waals surface area (Å²) in [5, 5.41) is 0. The first-order chi connectivity index (χ1) is 9.09. The fraction of sp³-hybridized carbons (Fsp3) is 1.00. The Morgan fingerprint density at radius 3 is 2.35 bits per heavy atom. The Labute approximate surface area is 130 Å². The van der Waals surface area contributed by atoms with Crippen molar-refractivity contribution in [3.63, 3.8) is 0 Å². The lowest BCUT2D eigenvalue weighted by Gasteiger charge is -2.34. The molecule has 1 saturated heterocycles. The lowest BCUT2D eigenvalue weighted by molar-refractivity contribution is 0.0273. The average molecular weight is 333 g/mol. The standard InChI is InChI=1S/C13H28O4Si3/c1-10(14-8-11-9-15-11)12(13(2,3)4)18-16-19-17-20(5,6)7/h10-12H,8-9H2,1-7H3. The molecule has 1 heterocycles. The number of rotatable bonds is 9. The zero-order chi connectivity index (χ0) is 15.4. The van der Waals surface area contributed by atoms with Gasteiger partial charge in [-0.25, -0.2) is 0 Å². The second kappa shape index (κ2) is 7.66. The molecule has 1 rings (SSSR count). The van der Waals surface area contributed by atoms with Crippen LogP contribution in [-0.4, -0.2) is 53.5 Å². The van der Waals surface area contributed by atoms with Crippen LogP contribution in [0.15, 0.2) is 0 Å². The number of hydrogen-bond donors (Lipinski definition) is 0. The Morgan fingerprint density at radius 1 is 1.30 bits per heavy atom. The summed E-state index contributed by atoms with van der Waals surface area (Å²) in [6.45, 7) is 16.9. The summed E-state index contributed by atoms with van der Waals surface area (Å²) >= 11 is 0. The van der Waals surface area contributed by atoms with E-state index in [0.29, 0.717) is 28.0 Å². The van der Waals surface area contributed by atoms with Crippen molar-refractivity contribution < 1.29 is 17.7 Å². The van der Waals surface area contributed by atoms with Gasteiger partial charge in [0.2, 0.25) is 9.76 Å². The number of epoxide rings is 1. The van der Waals surface area contributed by atoms with Crippen molar-refractivity contribution >= 4 is 28.1 Å². The summed E-state index contributed by atoms with van der Waals surface area (Å²) in [5.41, 5.74) is 0.533. The molecule has 1 aliphatic rings. The molecule has 3 atom stereocenters. The van der Waals surface area contributed by atoms with E-state index in [1.165, 1.54) is 0 Å². The van der Waals surface area contributed by atoms with Gasteiger partial charge >= 0.3 is 10.0 Å². The third-order valence-corrected chi connectivity index (χ3v) is 8.10. The van der Waals surface area contributed by atoms with Crippen LogP contribution in [0.25, 0.3) is 0 Å². The molecule has 4 radical (unpaired) electrons. The smallest absolute Gasteiger partial charge is 0.409 e. The van der Waals surface area contributed by atoms with Gasteiger partial charge in [0.05, 0.1) is 19.3 Å². The zero-order valence-corrected chi connectivity index (χ0v) is 16.8. The van der Waals surface area contributed by atoms with Gasteiger partial charge in [-0.15, -0.1) is 0 Å². The highest BCUT2D eigenvalue weighted by atomic mass is 28.4. The summed E-state index contributed by atoms with van der Waals surface area (Å²) in [4.78, 5) is 0. The summed E-state index contributed by atoms with van der Waals surface area (Å²) in [6.07, 6.45) is 0.494. The maximum Gasteiger partial charge on any atom is 0.409 e. The predicted molar refractivity (Wildman–Crippen MR) is 85.4 cm³/mol. The maximum atomic E-state index is 5.93. The molecule has 0 aromatic carbocycles. The topological polar surface area (TPSA) is 40.2 Å². The van der Waals surface area contributed by atoms with Gasteiger partial charge in [-0.3, -0.25) is 0 Å². The van der Waals surface area contributed by atoms with Gasteiger partial charge in [0.25, 0.3) is 0 Å². The van der Waals surface area contributed by atoms with Crippen molar-refractivity contribution in [1.29, 1.82) is 0 Å². The van der Waals surface area contributed by atoms with E-state index < -0.39 is 8.32 Å². The van der Waals surface area contributed by atoms with E-state index in [1.54, 1.807) is 0 Å². The van der Waals surface area contributed by atoms with Gasteiger partial charge in [0.15, 0.2) is 8.32 Å². The molecule has 3 unspecified atom stereocenters. The molecule has 0 spiro atoms. The van der Waals surface area contributed by atoms with E-state index in [0.717, 1.165) is 6.61 Å².